The molecule has 26 heavy (non-hydrogen) atoms. The van der Waals surface area contributed by atoms with E-state index in [1.807, 2.05) is 17.0 Å². The van der Waals surface area contributed by atoms with Gasteiger partial charge in [-0.3, -0.25) is 14.5 Å². The van der Waals surface area contributed by atoms with E-state index in [1.54, 1.807) is 19.1 Å². The Kier molecular flexibility index (Phi) is 5.98. The number of fused-ring (bicyclic) bond motifs is 1. The number of hydrogen-bond donors (Lipinski definition) is 0. The highest BCUT2D eigenvalue weighted by atomic mass is 16.5. The number of rotatable bonds is 6. The van der Waals surface area contributed by atoms with E-state index >= 15 is 0 Å². The van der Waals surface area contributed by atoms with Gasteiger partial charge in [-0.25, -0.2) is 0 Å². The van der Waals surface area contributed by atoms with Crippen LogP contribution in [0.1, 0.15) is 17.5 Å². The van der Waals surface area contributed by atoms with E-state index < -0.39 is 0 Å². The molecule has 0 atom stereocenters. The van der Waals surface area contributed by atoms with Gasteiger partial charge in [-0.2, -0.15) is 0 Å². The van der Waals surface area contributed by atoms with Crippen molar-refractivity contribution in [1.29, 1.82) is 0 Å². The molecule has 0 aliphatic carbocycles. The zero-order valence-corrected chi connectivity index (χ0v) is 15.6. The lowest BCUT2D eigenvalue weighted by molar-refractivity contribution is -0.132. The Morgan fingerprint density at radius 1 is 1.04 bits per heavy atom. The van der Waals surface area contributed by atoms with E-state index in [0.29, 0.717) is 18.7 Å². The fourth-order valence-electron chi connectivity index (χ4n) is 3.60. The maximum atomic E-state index is 12.6. The maximum Gasteiger partial charge on any atom is 0.224 e. The number of amides is 2. The lowest BCUT2D eigenvalue weighted by atomic mass is 9.98. The van der Waals surface area contributed by atoms with Gasteiger partial charge in [0.25, 0.3) is 0 Å². The van der Waals surface area contributed by atoms with Crippen LogP contribution in [0.4, 0.5) is 0 Å². The zero-order chi connectivity index (χ0) is 18.5. The quantitative estimate of drug-likeness (QED) is 0.700. The van der Waals surface area contributed by atoms with Crippen LogP contribution in [0.15, 0.2) is 12.1 Å². The number of benzene rings is 1. The molecule has 0 unspecified atom stereocenters. The molecule has 2 aliphatic heterocycles. The molecule has 1 saturated heterocycles. The molecule has 0 radical (unpaired) electrons. The third-order valence-electron chi connectivity index (χ3n) is 5.27. The summed E-state index contributed by atoms with van der Waals surface area (Å²) in [7, 11) is 3.26. The molecule has 1 fully saturated rings. The number of carbonyl (C=O) groups excluding carboxylic acids is 2. The molecule has 2 aliphatic rings. The van der Waals surface area contributed by atoms with Crippen LogP contribution >= 0.6 is 0 Å². The SMILES string of the molecule is COc1cc2c(cc1OC)CN(C(=O)CCN1CCN(C=O)CC1)CC2. The highest BCUT2D eigenvalue weighted by Crippen LogP contribution is 2.33. The summed E-state index contributed by atoms with van der Waals surface area (Å²) in [4.78, 5) is 29.3. The molecule has 3 rings (SSSR count). The number of hydrogen-bond acceptors (Lipinski definition) is 5. The van der Waals surface area contributed by atoms with Crippen molar-refractivity contribution in [2.75, 3.05) is 53.5 Å². The lowest BCUT2D eigenvalue weighted by Gasteiger charge is -2.33. The first-order chi connectivity index (χ1) is 12.6. The Morgan fingerprint density at radius 3 is 2.31 bits per heavy atom. The molecule has 0 N–H and O–H groups in total. The number of methoxy groups -OCH3 is 2. The van der Waals surface area contributed by atoms with E-state index in [2.05, 4.69) is 4.90 Å². The molecule has 0 aromatic heterocycles. The van der Waals surface area contributed by atoms with Gasteiger partial charge in [0.1, 0.15) is 0 Å². The second-order valence-corrected chi connectivity index (χ2v) is 6.77. The van der Waals surface area contributed by atoms with Crippen molar-refractivity contribution < 1.29 is 19.1 Å². The number of ether oxygens (including phenoxy) is 2. The van der Waals surface area contributed by atoms with Gasteiger partial charge >= 0.3 is 0 Å². The van der Waals surface area contributed by atoms with Crippen LogP contribution in [0.2, 0.25) is 0 Å². The van der Waals surface area contributed by atoms with E-state index in [9.17, 15) is 9.59 Å². The second kappa shape index (κ2) is 8.40. The molecular formula is C19H27N3O4. The molecule has 7 heteroatoms. The average Bonchev–Trinajstić information content (AvgIpc) is 2.70. The smallest absolute Gasteiger partial charge is 0.224 e. The molecule has 0 spiro atoms. The largest absolute Gasteiger partial charge is 0.493 e. The first-order valence-corrected chi connectivity index (χ1v) is 9.08. The molecule has 0 bridgehead atoms. The van der Waals surface area contributed by atoms with Gasteiger partial charge in [0.2, 0.25) is 12.3 Å². The van der Waals surface area contributed by atoms with Gasteiger partial charge in [-0.05, 0) is 29.7 Å². The minimum Gasteiger partial charge on any atom is -0.493 e. The van der Waals surface area contributed by atoms with Crippen LogP contribution in [-0.2, 0) is 22.6 Å². The van der Waals surface area contributed by atoms with Crippen molar-refractivity contribution in [3.8, 4) is 11.5 Å². The number of carbonyl (C=O) groups is 2. The summed E-state index contributed by atoms with van der Waals surface area (Å²) in [5, 5.41) is 0. The van der Waals surface area contributed by atoms with E-state index in [1.165, 1.54) is 5.56 Å². The van der Waals surface area contributed by atoms with Crippen molar-refractivity contribution in [1.82, 2.24) is 14.7 Å². The topological polar surface area (TPSA) is 62.3 Å². The fourth-order valence-corrected chi connectivity index (χ4v) is 3.60. The second-order valence-electron chi connectivity index (χ2n) is 6.77. The first-order valence-electron chi connectivity index (χ1n) is 9.08. The predicted octanol–water partition coefficient (Wildman–Crippen LogP) is 0.753. The Morgan fingerprint density at radius 2 is 1.69 bits per heavy atom. The molecule has 1 aromatic carbocycles. The van der Waals surface area contributed by atoms with Crippen molar-refractivity contribution in [3.05, 3.63) is 23.3 Å². The molecule has 0 saturated carbocycles. The maximum absolute atomic E-state index is 12.6. The van der Waals surface area contributed by atoms with Crippen LogP contribution in [0.25, 0.3) is 0 Å². The van der Waals surface area contributed by atoms with Crippen molar-refractivity contribution >= 4 is 12.3 Å². The van der Waals surface area contributed by atoms with Crippen LogP contribution in [0.5, 0.6) is 11.5 Å². The van der Waals surface area contributed by atoms with Gasteiger partial charge < -0.3 is 19.3 Å². The summed E-state index contributed by atoms with van der Waals surface area (Å²) in [5.41, 5.74) is 2.35. The summed E-state index contributed by atoms with van der Waals surface area (Å²) in [6.45, 7) is 5.28. The van der Waals surface area contributed by atoms with Gasteiger partial charge in [-0.15, -0.1) is 0 Å². The molecule has 7 nitrogen and oxygen atoms in total. The van der Waals surface area contributed by atoms with Crippen LogP contribution in [-0.4, -0.2) is 80.5 Å². The minimum atomic E-state index is 0.184. The monoisotopic (exact) mass is 361 g/mol. The summed E-state index contributed by atoms with van der Waals surface area (Å²) < 4.78 is 10.7. The molecule has 1 aromatic rings. The summed E-state index contributed by atoms with van der Waals surface area (Å²) in [6.07, 6.45) is 2.25. The standard InChI is InChI=1S/C19H27N3O4/c1-25-17-11-15-3-6-22(13-16(15)12-18(17)26-2)19(24)4-5-20-7-9-21(14-23)10-8-20/h11-12,14H,3-10,13H2,1-2H3. The molecule has 142 valence electrons. The van der Waals surface area contributed by atoms with Crippen molar-refractivity contribution in [3.63, 3.8) is 0 Å². The molecule has 2 heterocycles. The Balaban J connectivity index is 1.55. The first kappa shape index (κ1) is 18.5. The van der Waals surface area contributed by atoms with Crippen molar-refractivity contribution in [2.24, 2.45) is 0 Å². The fraction of sp³-hybridized carbons (Fsp3) is 0.579. The highest BCUT2D eigenvalue weighted by molar-refractivity contribution is 5.76. The Labute approximate surface area is 154 Å². The van der Waals surface area contributed by atoms with Gasteiger partial charge in [0.15, 0.2) is 11.5 Å². The average molecular weight is 361 g/mol. The van der Waals surface area contributed by atoms with E-state index in [4.69, 9.17) is 9.47 Å². The Hall–Kier alpha value is -2.28. The lowest BCUT2D eigenvalue weighted by Crippen LogP contribution is -2.47. The van der Waals surface area contributed by atoms with Gasteiger partial charge in [0, 0.05) is 52.2 Å². The van der Waals surface area contributed by atoms with E-state index in [0.717, 1.165) is 63.4 Å². The zero-order valence-electron chi connectivity index (χ0n) is 15.6. The highest BCUT2D eigenvalue weighted by Gasteiger charge is 2.24. The number of nitrogens with zero attached hydrogens (tertiary/aromatic N) is 3. The van der Waals surface area contributed by atoms with E-state index in [-0.39, 0.29) is 5.91 Å². The summed E-state index contributed by atoms with van der Waals surface area (Å²) >= 11 is 0. The van der Waals surface area contributed by atoms with Crippen LogP contribution in [0.3, 0.4) is 0 Å². The number of piperazine rings is 1. The molecule has 2 amide bonds. The minimum absolute atomic E-state index is 0.184. The normalized spacial score (nSPS) is 17.6. The summed E-state index contributed by atoms with van der Waals surface area (Å²) in [5.74, 6) is 1.62. The third-order valence-corrected chi connectivity index (χ3v) is 5.27. The third kappa shape index (κ3) is 4.09. The van der Waals surface area contributed by atoms with Crippen LogP contribution < -0.4 is 9.47 Å². The summed E-state index contributed by atoms with van der Waals surface area (Å²) in [6, 6.07) is 3.99. The molecular weight excluding hydrogens is 334 g/mol. The van der Waals surface area contributed by atoms with Crippen molar-refractivity contribution in [2.45, 2.75) is 19.4 Å². The Bertz CT molecular complexity index is 656. The van der Waals surface area contributed by atoms with Gasteiger partial charge in [-0.1, -0.05) is 0 Å². The van der Waals surface area contributed by atoms with Crippen LogP contribution in [0, 0.1) is 0 Å². The van der Waals surface area contributed by atoms with Gasteiger partial charge in [0.05, 0.1) is 14.2 Å². The predicted molar refractivity (Wildman–Crippen MR) is 97.4 cm³/mol.